The Hall–Kier alpha value is -3.51. The van der Waals surface area contributed by atoms with Gasteiger partial charge in [-0.2, -0.15) is 5.10 Å². The number of hydrogen-bond donors (Lipinski definition) is 0. The molecule has 1 aromatic carbocycles. The van der Waals surface area contributed by atoms with Crippen LogP contribution in [-0.4, -0.2) is 62.5 Å². The van der Waals surface area contributed by atoms with Gasteiger partial charge in [-0.25, -0.2) is 9.48 Å². The summed E-state index contributed by atoms with van der Waals surface area (Å²) in [6, 6.07) is 6.07. The van der Waals surface area contributed by atoms with Crippen molar-refractivity contribution >= 4 is 17.0 Å². The Kier molecular flexibility index (Phi) is 7.27. The van der Waals surface area contributed by atoms with Gasteiger partial charge in [0.1, 0.15) is 17.4 Å². The third-order valence-corrected chi connectivity index (χ3v) is 5.93. The van der Waals surface area contributed by atoms with Gasteiger partial charge in [0.25, 0.3) is 0 Å². The zero-order valence-corrected chi connectivity index (χ0v) is 21.9. The van der Waals surface area contributed by atoms with E-state index < -0.39 is 11.7 Å². The number of carbonyl (C=O) groups excluding carboxylic acids is 1. The molecule has 1 aliphatic rings. The molecule has 3 aromatic rings. The van der Waals surface area contributed by atoms with Gasteiger partial charge in [-0.1, -0.05) is 6.07 Å². The first-order chi connectivity index (χ1) is 17.1. The summed E-state index contributed by atoms with van der Waals surface area (Å²) in [5.74, 6) is 3.20. The number of rotatable bonds is 6. The zero-order chi connectivity index (χ0) is 26.0. The highest BCUT2D eigenvalue weighted by Crippen LogP contribution is 2.34. The number of carbonyl (C=O) groups is 1. The molecular weight excluding hydrogens is 458 g/mol. The molecule has 2 aromatic heterocycles. The van der Waals surface area contributed by atoms with E-state index in [2.05, 4.69) is 16.1 Å². The average Bonchev–Trinajstić information content (AvgIpc) is 3.37. The predicted octanol–water partition coefficient (Wildman–Crippen LogP) is 4.75. The monoisotopic (exact) mass is 493 g/mol. The third kappa shape index (κ3) is 5.65. The zero-order valence-electron chi connectivity index (χ0n) is 21.9. The van der Waals surface area contributed by atoms with Gasteiger partial charge >= 0.3 is 6.09 Å². The highest BCUT2D eigenvalue weighted by atomic mass is 16.6. The molecule has 1 amide bonds. The minimum atomic E-state index is -0.559. The van der Waals surface area contributed by atoms with Gasteiger partial charge in [0.05, 0.1) is 17.6 Å². The number of aryl methyl sites for hydroxylation is 1. The van der Waals surface area contributed by atoms with Gasteiger partial charge in [-0.05, 0) is 70.6 Å². The fourth-order valence-corrected chi connectivity index (χ4v) is 4.33. The van der Waals surface area contributed by atoms with Crippen LogP contribution in [0.1, 0.15) is 58.9 Å². The van der Waals surface area contributed by atoms with Crippen LogP contribution in [-0.2, 0) is 16.5 Å². The first-order valence-corrected chi connectivity index (χ1v) is 12.3. The van der Waals surface area contributed by atoms with Crippen LogP contribution in [0.3, 0.4) is 0 Å². The SMILES string of the molecule is C#Cc1nn([C@@H]2CCCCO2)c2ccc(-c3cn(C)nc3O[C@@H](C)CN(C)C(=O)OC(C)(C)C)cc12. The van der Waals surface area contributed by atoms with Crippen LogP contribution in [0.5, 0.6) is 5.88 Å². The van der Waals surface area contributed by atoms with E-state index in [1.54, 1.807) is 11.7 Å². The lowest BCUT2D eigenvalue weighted by Gasteiger charge is -2.26. The summed E-state index contributed by atoms with van der Waals surface area (Å²) in [6.07, 6.45) is 9.99. The van der Waals surface area contributed by atoms with Gasteiger partial charge in [-0.3, -0.25) is 4.68 Å². The highest BCUT2D eigenvalue weighted by molar-refractivity contribution is 5.89. The summed E-state index contributed by atoms with van der Waals surface area (Å²) in [5, 5.41) is 10.1. The quantitative estimate of drug-likeness (QED) is 0.461. The molecule has 0 bridgehead atoms. The normalized spacial score (nSPS) is 17.0. The molecule has 3 heterocycles. The van der Waals surface area contributed by atoms with E-state index >= 15 is 0 Å². The molecule has 0 radical (unpaired) electrons. The third-order valence-electron chi connectivity index (χ3n) is 5.93. The maximum atomic E-state index is 12.3. The minimum Gasteiger partial charge on any atom is -0.471 e. The Morgan fingerprint density at radius 2 is 2.11 bits per heavy atom. The summed E-state index contributed by atoms with van der Waals surface area (Å²) < 4.78 is 21.2. The fraction of sp³-hybridized carbons (Fsp3) is 0.519. The molecule has 2 atom stereocenters. The molecule has 0 saturated carbocycles. The van der Waals surface area contributed by atoms with E-state index in [4.69, 9.17) is 20.6 Å². The lowest BCUT2D eigenvalue weighted by atomic mass is 10.1. The number of nitrogens with zero attached hydrogens (tertiary/aromatic N) is 5. The number of amides is 1. The second-order valence-corrected chi connectivity index (χ2v) is 10.3. The van der Waals surface area contributed by atoms with Crippen LogP contribution in [0.4, 0.5) is 4.79 Å². The summed E-state index contributed by atoms with van der Waals surface area (Å²) in [6.45, 7) is 8.49. The molecule has 9 heteroatoms. The maximum Gasteiger partial charge on any atom is 0.410 e. The van der Waals surface area contributed by atoms with E-state index in [1.807, 2.05) is 63.8 Å². The lowest BCUT2D eigenvalue weighted by molar-refractivity contribution is -0.0367. The molecule has 0 unspecified atom stereocenters. The lowest BCUT2D eigenvalue weighted by Crippen LogP contribution is -2.39. The molecule has 4 rings (SSSR count). The van der Waals surface area contributed by atoms with Crippen LogP contribution in [0.15, 0.2) is 24.4 Å². The van der Waals surface area contributed by atoms with E-state index in [-0.39, 0.29) is 12.3 Å². The largest absolute Gasteiger partial charge is 0.471 e. The molecule has 36 heavy (non-hydrogen) atoms. The second kappa shape index (κ2) is 10.2. The van der Waals surface area contributed by atoms with Gasteiger partial charge in [0, 0.05) is 32.3 Å². The summed E-state index contributed by atoms with van der Waals surface area (Å²) >= 11 is 0. The van der Waals surface area contributed by atoms with E-state index in [1.165, 1.54) is 4.90 Å². The second-order valence-electron chi connectivity index (χ2n) is 10.3. The van der Waals surface area contributed by atoms with Crippen molar-refractivity contribution in [3.63, 3.8) is 0 Å². The molecule has 9 nitrogen and oxygen atoms in total. The van der Waals surface area contributed by atoms with Gasteiger partial charge in [0.15, 0.2) is 6.23 Å². The van der Waals surface area contributed by atoms with Crippen LogP contribution in [0, 0.1) is 12.3 Å². The minimum absolute atomic E-state index is 0.103. The molecule has 192 valence electrons. The topological polar surface area (TPSA) is 83.6 Å². The van der Waals surface area contributed by atoms with Crippen LogP contribution >= 0.6 is 0 Å². The first-order valence-electron chi connectivity index (χ1n) is 12.3. The fourth-order valence-electron chi connectivity index (χ4n) is 4.33. The van der Waals surface area contributed by atoms with Crippen molar-refractivity contribution in [3.8, 4) is 29.4 Å². The smallest absolute Gasteiger partial charge is 0.410 e. The Labute approximate surface area is 212 Å². The molecule has 1 fully saturated rings. The number of terminal acetylenes is 1. The van der Waals surface area contributed by atoms with Gasteiger partial charge in [0.2, 0.25) is 5.88 Å². The van der Waals surface area contributed by atoms with Crippen molar-refractivity contribution in [1.82, 2.24) is 24.5 Å². The average molecular weight is 494 g/mol. The Bertz CT molecular complexity index is 1270. The van der Waals surface area contributed by atoms with Crippen LogP contribution in [0.25, 0.3) is 22.0 Å². The van der Waals surface area contributed by atoms with Crippen molar-refractivity contribution in [2.45, 2.75) is 64.9 Å². The van der Waals surface area contributed by atoms with Crippen molar-refractivity contribution in [3.05, 3.63) is 30.1 Å². The summed E-state index contributed by atoms with van der Waals surface area (Å²) in [7, 11) is 3.54. The molecule has 1 aliphatic heterocycles. The Morgan fingerprint density at radius 1 is 1.33 bits per heavy atom. The van der Waals surface area contributed by atoms with E-state index in [0.717, 1.165) is 47.9 Å². The highest BCUT2D eigenvalue weighted by Gasteiger charge is 2.24. The molecule has 0 spiro atoms. The van der Waals surface area contributed by atoms with E-state index in [9.17, 15) is 4.79 Å². The van der Waals surface area contributed by atoms with Crippen LogP contribution < -0.4 is 4.74 Å². The number of likely N-dealkylation sites (N-methyl/N-ethyl adjacent to an activating group) is 1. The standard InChI is InChI=1S/C27H35N5O4/c1-8-22-20-15-19(12-13-23(20)32(28-22)24-11-9-10-14-34-24)21-17-31(7)29-25(21)35-18(2)16-30(6)26(33)36-27(3,4)5/h1,12-13,15,17-18,24H,9-11,14,16H2,2-7H3/t18-,24-/m0/s1. The Morgan fingerprint density at radius 3 is 2.78 bits per heavy atom. The number of fused-ring (bicyclic) bond motifs is 1. The van der Waals surface area contributed by atoms with Crippen molar-refractivity contribution in [1.29, 1.82) is 0 Å². The summed E-state index contributed by atoms with van der Waals surface area (Å²) in [4.78, 5) is 13.8. The van der Waals surface area contributed by atoms with Crippen molar-refractivity contribution < 1.29 is 19.0 Å². The molecule has 0 N–H and O–H groups in total. The molecule has 0 aliphatic carbocycles. The van der Waals surface area contributed by atoms with Crippen molar-refractivity contribution in [2.24, 2.45) is 7.05 Å². The molecule has 1 saturated heterocycles. The number of ether oxygens (including phenoxy) is 3. The number of benzene rings is 1. The van der Waals surface area contributed by atoms with Crippen LogP contribution in [0.2, 0.25) is 0 Å². The number of hydrogen-bond acceptors (Lipinski definition) is 6. The first kappa shape index (κ1) is 25.6. The molecular formula is C27H35N5O4. The van der Waals surface area contributed by atoms with Crippen molar-refractivity contribution in [2.75, 3.05) is 20.2 Å². The van der Waals surface area contributed by atoms with Gasteiger partial charge < -0.3 is 19.1 Å². The van der Waals surface area contributed by atoms with Gasteiger partial charge in [-0.15, -0.1) is 11.5 Å². The Balaban J connectivity index is 1.57. The number of aromatic nitrogens is 4. The predicted molar refractivity (Wildman–Crippen MR) is 138 cm³/mol. The maximum absolute atomic E-state index is 12.3. The van der Waals surface area contributed by atoms with E-state index in [0.29, 0.717) is 18.1 Å². The summed E-state index contributed by atoms with van der Waals surface area (Å²) in [5.41, 5.74) is 2.71.